The van der Waals surface area contributed by atoms with Crippen LogP contribution in [0.1, 0.15) is 5.56 Å². The second-order valence-corrected chi connectivity index (χ2v) is 6.73. The fourth-order valence-electron chi connectivity index (χ4n) is 2.02. The molecule has 1 aliphatic heterocycles. The summed E-state index contributed by atoms with van der Waals surface area (Å²) in [6.45, 7) is -0.508. The zero-order valence-electron chi connectivity index (χ0n) is 11.3. The van der Waals surface area contributed by atoms with Gasteiger partial charge in [-0.3, -0.25) is 0 Å². The van der Waals surface area contributed by atoms with Crippen molar-refractivity contribution in [1.29, 1.82) is 0 Å². The van der Waals surface area contributed by atoms with Crippen molar-refractivity contribution < 1.29 is 30.4 Å². The van der Waals surface area contributed by atoms with Gasteiger partial charge < -0.3 is 30.4 Å². The Bertz CT molecular complexity index is 526. The number of oxime groups is 1. The van der Waals surface area contributed by atoms with Crippen molar-refractivity contribution in [2.45, 2.75) is 29.9 Å². The highest BCUT2D eigenvalue weighted by Crippen LogP contribution is 2.31. The lowest BCUT2D eigenvalue weighted by atomic mass is 10.0. The molecule has 1 aliphatic rings. The van der Waals surface area contributed by atoms with Crippen LogP contribution in [0.4, 0.5) is 0 Å². The van der Waals surface area contributed by atoms with Crippen LogP contribution in [0.2, 0.25) is 0 Å². The first-order chi connectivity index (χ1) is 10.5. The van der Waals surface area contributed by atoms with Gasteiger partial charge in [-0.15, -0.1) is 0 Å². The van der Waals surface area contributed by atoms with Crippen molar-refractivity contribution in [1.82, 2.24) is 0 Å². The van der Waals surface area contributed by atoms with Gasteiger partial charge in [0, 0.05) is 10.0 Å². The van der Waals surface area contributed by atoms with Gasteiger partial charge >= 0.3 is 0 Å². The van der Waals surface area contributed by atoms with Crippen LogP contribution in [-0.2, 0) is 4.74 Å². The second-order valence-electron chi connectivity index (χ2n) is 4.73. The molecule has 1 fully saturated rings. The maximum atomic E-state index is 9.98. The van der Waals surface area contributed by atoms with Gasteiger partial charge in [-0.1, -0.05) is 45.0 Å². The Kier molecular flexibility index (Phi) is 6.21. The molecule has 7 nitrogen and oxygen atoms in total. The molecule has 1 saturated heterocycles. The van der Waals surface area contributed by atoms with Crippen LogP contribution in [0.15, 0.2) is 33.9 Å². The maximum Gasteiger partial charge on any atom is 0.145 e. The van der Waals surface area contributed by atoms with Crippen molar-refractivity contribution in [2.24, 2.45) is 5.16 Å². The minimum absolute atomic E-state index is 0.178. The zero-order chi connectivity index (χ0) is 16.3. The first kappa shape index (κ1) is 17.7. The molecule has 122 valence electrons. The van der Waals surface area contributed by atoms with Crippen LogP contribution in [0, 0.1) is 0 Å². The van der Waals surface area contributed by atoms with E-state index in [1.807, 2.05) is 0 Å². The highest BCUT2D eigenvalue weighted by Gasteiger charge is 2.44. The van der Waals surface area contributed by atoms with E-state index in [9.17, 15) is 15.3 Å². The van der Waals surface area contributed by atoms with E-state index in [4.69, 9.17) is 15.1 Å². The lowest BCUT2D eigenvalue weighted by Crippen LogP contribution is -2.57. The molecule has 0 saturated carbocycles. The first-order valence-electron chi connectivity index (χ1n) is 6.43. The second kappa shape index (κ2) is 7.73. The van der Waals surface area contributed by atoms with Gasteiger partial charge in [0.25, 0.3) is 0 Å². The van der Waals surface area contributed by atoms with Gasteiger partial charge in [0.15, 0.2) is 0 Å². The van der Waals surface area contributed by atoms with E-state index in [1.54, 1.807) is 24.3 Å². The number of rotatable bonds is 3. The van der Waals surface area contributed by atoms with Gasteiger partial charge in [0.1, 0.15) is 34.9 Å². The van der Waals surface area contributed by atoms with Crippen LogP contribution in [0.5, 0.6) is 0 Å². The summed E-state index contributed by atoms with van der Waals surface area (Å²) in [6, 6.07) is 6.93. The lowest BCUT2D eigenvalue weighted by Gasteiger charge is -2.39. The van der Waals surface area contributed by atoms with Crippen molar-refractivity contribution in [2.75, 3.05) is 6.61 Å². The Morgan fingerprint density at radius 3 is 2.32 bits per heavy atom. The number of ether oxygens (including phenoxy) is 1. The maximum absolute atomic E-state index is 9.98. The SMILES string of the molecule is OC[C@H]1O[C@@H](S/C(=N\O)c2ccc(Br)cc2)[C@H](O)[C@@H](O)[C@H]1O. The van der Waals surface area contributed by atoms with Gasteiger partial charge in [0.2, 0.25) is 0 Å². The molecule has 0 bridgehead atoms. The number of hydrogen-bond donors (Lipinski definition) is 5. The highest BCUT2D eigenvalue weighted by atomic mass is 79.9. The van der Waals surface area contributed by atoms with Crippen LogP contribution in [0.3, 0.4) is 0 Å². The molecule has 5 N–H and O–H groups in total. The van der Waals surface area contributed by atoms with E-state index in [-0.39, 0.29) is 5.04 Å². The quantitative estimate of drug-likeness (QED) is 0.214. The van der Waals surface area contributed by atoms with Gasteiger partial charge in [-0.25, -0.2) is 0 Å². The molecule has 1 aromatic rings. The summed E-state index contributed by atoms with van der Waals surface area (Å²) >= 11 is 4.18. The van der Waals surface area contributed by atoms with Crippen molar-refractivity contribution in [3.63, 3.8) is 0 Å². The average molecular weight is 394 g/mol. The molecule has 0 spiro atoms. The summed E-state index contributed by atoms with van der Waals surface area (Å²) in [5.74, 6) is 0. The van der Waals surface area contributed by atoms with E-state index < -0.39 is 36.5 Å². The number of thioether (sulfide) groups is 1. The van der Waals surface area contributed by atoms with E-state index in [0.29, 0.717) is 5.56 Å². The van der Waals surface area contributed by atoms with E-state index in [0.717, 1.165) is 16.2 Å². The molecule has 9 heteroatoms. The fraction of sp³-hybridized carbons (Fsp3) is 0.462. The first-order valence-corrected chi connectivity index (χ1v) is 8.10. The summed E-state index contributed by atoms with van der Waals surface area (Å²) in [4.78, 5) is 0. The van der Waals surface area contributed by atoms with Gasteiger partial charge in [-0.05, 0) is 12.1 Å². The zero-order valence-corrected chi connectivity index (χ0v) is 13.7. The third kappa shape index (κ3) is 3.80. The van der Waals surface area contributed by atoms with Crippen LogP contribution in [0.25, 0.3) is 0 Å². The monoisotopic (exact) mass is 393 g/mol. The minimum Gasteiger partial charge on any atom is -0.410 e. The highest BCUT2D eigenvalue weighted by molar-refractivity contribution is 9.10. The minimum atomic E-state index is -1.46. The van der Waals surface area contributed by atoms with Crippen molar-refractivity contribution >= 4 is 32.7 Å². The Balaban J connectivity index is 2.15. The number of aliphatic hydroxyl groups excluding tert-OH is 4. The average Bonchev–Trinajstić information content (AvgIpc) is 2.53. The number of hydrogen-bond acceptors (Lipinski definition) is 8. The van der Waals surface area contributed by atoms with Crippen LogP contribution in [-0.4, -0.2) is 67.1 Å². The summed E-state index contributed by atoms with van der Waals surface area (Å²) in [5, 5.41) is 51.1. The number of nitrogens with zero attached hydrogens (tertiary/aromatic N) is 1. The topological polar surface area (TPSA) is 123 Å². The predicted octanol–water partition coefficient (Wildman–Crippen LogP) is 0.118. The third-order valence-electron chi connectivity index (χ3n) is 3.26. The molecular formula is C13H16BrNO6S. The lowest BCUT2D eigenvalue weighted by molar-refractivity contribution is -0.205. The Labute approximate surface area is 139 Å². The number of benzene rings is 1. The Hall–Kier alpha value is -0.680. The van der Waals surface area contributed by atoms with E-state index >= 15 is 0 Å². The summed E-state index contributed by atoms with van der Waals surface area (Å²) < 4.78 is 6.21. The Morgan fingerprint density at radius 1 is 1.14 bits per heavy atom. The van der Waals surface area contributed by atoms with E-state index in [2.05, 4.69) is 21.1 Å². The predicted molar refractivity (Wildman–Crippen MR) is 83.8 cm³/mol. The summed E-state index contributed by atoms with van der Waals surface area (Å²) in [7, 11) is 0. The van der Waals surface area contributed by atoms with Crippen molar-refractivity contribution in [3.05, 3.63) is 34.3 Å². The van der Waals surface area contributed by atoms with Gasteiger partial charge in [-0.2, -0.15) is 0 Å². The molecule has 2 rings (SSSR count). The Morgan fingerprint density at radius 2 is 1.77 bits per heavy atom. The summed E-state index contributed by atoms with van der Waals surface area (Å²) in [5.41, 5.74) is -0.405. The number of halogens is 1. The molecule has 1 heterocycles. The van der Waals surface area contributed by atoms with Crippen LogP contribution < -0.4 is 0 Å². The number of aliphatic hydroxyl groups is 4. The van der Waals surface area contributed by atoms with Crippen molar-refractivity contribution in [3.8, 4) is 0 Å². The molecule has 0 radical (unpaired) electrons. The van der Waals surface area contributed by atoms with Gasteiger partial charge in [0.05, 0.1) is 6.61 Å². The molecule has 5 atom stereocenters. The normalized spacial score (nSPS) is 33.0. The molecule has 22 heavy (non-hydrogen) atoms. The molecule has 0 unspecified atom stereocenters. The van der Waals surface area contributed by atoms with E-state index in [1.165, 1.54) is 0 Å². The smallest absolute Gasteiger partial charge is 0.145 e. The molecule has 0 amide bonds. The van der Waals surface area contributed by atoms with Crippen LogP contribution >= 0.6 is 27.7 Å². The molecule has 0 aliphatic carbocycles. The molecule has 1 aromatic carbocycles. The summed E-state index contributed by atoms with van der Waals surface area (Å²) in [6.07, 6.45) is -5.27. The largest absolute Gasteiger partial charge is 0.410 e. The fourth-order valence-corrected chi connectivity index (χ4v) is 3.32. The molecular weight excluding hydrogens is 378 g/mol. The molecule has 0 aromatic heterocycles. The third-order valence-corrected chi connectivity index (χ3v) is 4.95. The standard InChI is InChI=1S/C13H16BrNO6S/c14-7-3-1-6(2-4-7)12(15-20)22-13-11(19)10(18)9(17)8(5-16)21-13/h1-4,8-11,13,16-20H,5H2/b15-12-/t8-,9+,10+,11-,13+/m1/s1.